The predicted molar refractivity (Wildman–Crippen MR) is 63.8 cm³/mol. The normalized spacial score (nSPS) is 15.5. The van der Waals surface area contributed by atoms with Crippen LogP contribution in [0.2, 0.25) is 0 Å². The molecule has 0 radical (unpaired) electrons. The van der Waals surface area contributed by atoms with Crippen LogP contribution in [0, 0.1) is 11.3 Å². The highest BCUT2D eigenvalue weighted by Gasteiger charge is 2.33. The van der Waals surface area contributed by atoms with Gasteiger partial charge in [0.15, 0.2) is 0 Å². The molecule has 0 N–H and O–H groups in total. The van der Waals surface area contributed by atoms with Crippen molar-refractivity contribution in [3.63, 3.8) is 0 Å². The molecule has 1 unspecified atom stereocenters. The summed E-state index contributed by atoms with van der Waals surface area (Å²) in [6, 6.07) is 11.7. The Morgan fingerprint density at radius 1 is 1.47 bits per heavy atom. The standard InChI is InChI=1S/C12H11Cl2N/c1-2-12(9-15,11(14)8-13)10-6-4-3-5-7-10/h3-8H,2H2,1H3/b11-8+. The monoisotopic (exact) mass is 239 g/mol. The molecule has 1 rings (SSSR count). The van der Waals surface area contributed by atoms with Crippen LogP contribution >= 0.6 is 23.2 Å². The maximum atomic E-state index is 9.30. The van der Waals surface area contributed by atoms with Crippen molar-refractivity contribution in [2.75, 3.05) is 0 Å². The van der Waals surface area contributed by atoms with Crippen LogP contribution in [0.1, 0.15) is 18.9 Å². The summed E-state index contributed by atoms with van der Waals surface area (Å²) in [7, 11) is 0. The van der Waals surface area contributed by atoms with E-state index in [1.165, 1.54) is 5.54 Å². The molecule has 0 amide bonds. The van der Waals surface area contributed by atoms with Gasteiger partial charge in [-0.25, -0.2) is 0 Å². The third kappa shape index (κ3) is 2.17. The van der Waals surface area contributed by atoms with Gasteiger partial charge in [-0.2, -0.15) is 5.26 Å². The Kier molecular flexibility index (Phi) is 4.20. The van der Waals surface area contributed by atoms with Crippen molar-refractivity contribution < 1.29 is 0 Å². The largest absolute Gasteiger partial charge is 0.197 e. The third-order valence-corrected chi connectivity index (χ3v) is 3.25. The van der Waals surface area contributed by atoms with Gasteiger partial charge >= 0.3 is 0 Å². The van der Waals surface area contributed by atoms with Crippen molar-refractivity contribution in [1.29, 1.82) is 5.26 Å². The summed E-state index contributed by atoms with van der Waals surface area (Å²) >= 11 is 11.6. The number of nitrogens with zero attached hydrogens (tertiary/aromatic N) is 1. The van der Waals surface area contributed by atoms with E-state index in [0.717, 1.165) is 5.56 Å². The van der Waals surface area contributed by atoms with Crippen LogP contribution in [-0.4, -0.2) is 0 Å². The molecule has 0 saturated carbocycles. The van der Waals surface area contributed by atoms with Crippen LogP contribution in [0.3, 0.4) is 0 Å². The molecule has 1 nitrogen and oxygen atoms in total. The Morgan fingerprint density at radius 2 is 2.07 bits per heavy atom. The summed E-state index contributed by atoms with van der Waals surface area (Å²) in [5.74, 6) is 0. The lowest BCUT2D eigenvalue weighted by molar-refractivity contribution is 0.645. The molecule has 0 aliphatic rings. The molecule has 3 heteroatoms. The van der Waals surface area contributed by atoms with Crippen LogP contribution in [0.4, 0.5) is 0 Å². The Balaban J connectivity index is 3.32. The summed E-state index contributed by atoms with van der Waals surface area (Å²) in [5, 5.41) is 9.66. The average molecular weight is 240 g/mol. The van der Waals surface area contributed by atoms with E-state index in [9.17, 15) is 5.26 Å². The fourth-order valence-electron chi connectivity index (χ4n) is 1.52. The highest BCUT2D eigenvalue weighted by molar-refractivity contribution is 6.37. The van der Waals surface area contributed by atoms with E-state index in [-0.39, 0.29) is 0 Å². The number of halogens is 2. The van der Waals surface area contributed by atoms with Crippen molar-refractivity contribution in [2.24, 2.45) is 0 Å². The molecule has 0 aromatic heterocycles. The molecular weight excluding hydrogens is 229 g/mol. The second-order valence-corrected chi connectivity index (χ2v) is 3.82. The van der Waals surface area contributed by atoms with Crippen molar-refractivity contribution >= 4 is 23.2 Å². The Bertz CT molecular complexity index is 392. The summed E-state index contributed by atoms with van der Waals surface area (Å²) in [5.41, 5.74) is 1.32. The lowest BCUT2D eigenvalue weighted by Gasteiger charge is -2.24. The van der Waals surface area contributed by atoms with Gasteiger partial charge < -0.3 is 0 Å². The number of benzene rings is 1. The first-order valence-electron chi connectivity index (χ1n) is 4.64. The fraction of sp³-hybridized carbons (Fsp3) is 0.250. The van der Waals surface area contributed by atoms with Gasteiger partial charge in [0.25, 0.3) is 0 Å². The van der Waals surface area contributed by atoms with Crippen molar-refractivity contribution in [3.05, 3.63) is 46.5 Å². The quantitative estimate of drug-likeness (QED) is 0.777. The Morgan fingerprint density at radius 3 is 2.47 bits per heavy atom. The van der Waals surface area contributed by atoms with E-state index in [1.54, 1.807) is 0 Å². The average Bonchev–Trinajstić information content (AvgIpc) is 2.32. The first-order valence-corrected chi connectivity index (χ1v) is 5.46. The molecule has 0 aliphatic carbocycles. The minimum absolute atomic E-state index is 0.361. The molecular formula is C12H11Cl2N. The predicted octanol–water partition coefficient (Wildman–Crippen LogP) is 4.18. The maximum absolute atomic E-state index is 9.30. The van der Waals surface area contributed by atoms with E-state index < -0.39 is 5.41 Å². The molecule has 15 heavy (non-hydrogen) atoms. The van der Waals surface area contributed by atoms with Gasteiger partial charge in [0.2, 0.25) is 0 Å². The maximum Gasteiger partial charge on any atom is 0.118 e. The minimum Gasteiger partial charge on any atom is -0.197 e. The summed E-state index contributed by atoms with van der Waals surface area (Å²) in [6.45, 7) is 1.92. The molecule has 1 aromatic carbocycles. The second-order valence-electron chi connectivity index (χ2n) is 3.19. The van der Waals surface area contributed by atoms with E-state index in [1.807, 2.05) is 37.3 Å². The van der Waals surface area contributed by atoms with Gasteiger partial charge in [-0.1, -0.05) is 60.5 Å². The molecule has 1 atom stereocenters. The van der Waals surface area contributed by atoms with Gasteiger partial charge in [-0.3, -0.25) is 0 Å². The number of rotatable bonds is 3. The van der Waals surface area contributed by atoms with Gasteiger partial charge in [0.1, 0.15) is 5.41 Å². The molecule has 0 fully saturated rings. The minimum atomic E-state index is -0.815. The van der Waals surface area contributed by atoms with Gasteiger partial charge in [-0.05, 0) is 12.0 Å². The highest BCUT2D eigenvalue weighted by Crippen LogP contribution is 2.37. The molecule has 0 spiro atoms. The van der Waals surface area contributed by atoms with E-state index in [2.05, 4.69) is 6.07 Å². The lowest BCUT2D eigenvalue weighted by Crippen LogP contribution is -2.23. The molecule has 0 heterocycles. The number of hydrogen-bond acceptors (Lipinski definition) is 1. The van der Waals surface area contributed by atoms with E-state index >= 15 is 0 Å². The molecule has 0 aliphatic heterocycles. The third-order valence-electron chi connectivity index (χ3n) is 2.49. The summed E-state index contributed by atoms with van der Waals surface area (Å²) in [6.07, 6.45) is 0.593. The van der Waals surface area contributed by atoms with Crippen molar-refractivity contribution in [2.45, 2.75) is 18.8 Å². The highest BCUT2D eigenvalue weighted by atomic mass is 35.5. The van der Waals surface area contributed by atoms with E-state index in [4.69, 9.17) is 23.2 Å². The van der Waals surface area contributed by atoms with Crippen LogP contribution in [0.25, 0.3) is 0 Å². The van der Waals surface area contributed by atoms with Crippen LogP contribution in [0.15, 0.2) is 40.9 Å². The van der Waals surface area contributed by atoms with Crippen LogP contribution < -0.4 is 0 Å². The van der Waals surface area contributed by atoms with Crippen molar-refractivity contribution in [3.8, 4) is 6.07 Å². The topological polar surface area (TPSA) is 23.8 Å². The van der Waals surface area contributed by atoms with Crippen LogP contribution in [0.5, 0.6) is 0 Å². The summed E-state index contributed by atoms with van der Waals surface area (Å²) in [4.78, 5) is 0. The zero-order valence-electron chi connectivity index (χ0n) is 8.37. The molecule has 0 saturated heterocycles. The number of hydrogen-bond donors (Lipinski definition) is 0. The zero-order chi connectivity index (χ0) is 11.3. The van der Waals surface area contributed by atoms with Crippen molar-refractivity contribution in [1.82, 2.24) is 0 Å². The molecule has 78 valence electrons. The Labute approximate surface area is 99.9 Å². The fourth-order valence-corrected chi connectivity index (χ4v) is 1.99. The van der Waals surface area contributed by atoms with Gasteiger partial charge in [0, 0.05) is 5.54 Å². The van der Waals surface area contributed by atoms with E-state index in [0.29, 0.717) is 11.5 Å². The molecule has 0 bridgehead atoms. The first-order chi connectivity index (χ1) is 7.21. The second kappa shape index (κ2) is 5.21. The SMILES string of the molecule is CCC(C#N)(/C(Cl)=C\Cl)c1ccccc1. The zero-order valence-corrected chi connectivity index (χ0v) is 9.89. The number of allylic oxidation sites excluding steroid dienone is 1. The van der Waals surface area contributed by atoms with Gasteiger partial charge in [0.05, 0.1) is 11.1 Å². The summed E-state index contributed by atoms with van der Waals surface area (Å²) < 4.78 is 0. The first kappa shape index (κ1) is 12.1. The molecule has 1 aromatic rings. The Hall–Kier alpha value is -0.970. The smallest absolute Gasteiger partial charge is 0.118 e. The number of nitriles is 1. The lowest BCUT2D eigenvalue weighted by atomic mass is 9.79. The van der Waals surface area contributed by atoms with Crippen LogP contribution in [-0.2, 0) is 5.41 Å². The van der Waals surface area contributed by atoms with Gasteiger partial charge in [-0.15, -0.1) is 0 Å².